The third-order valence-electron chi connectivity index (χ3n) is 9.83. The summed E-state index contributed by atoms with van der Waals surface area (Å²) < 4.78 is 16.9. The van der Waals surface area contributed by atoms with E-state index in [2.05, 4.69) is 40.2 Å². The van der Waals surface area contributed by atoms with Crippen molar-refractivity contribution in [3.8, 4) is 11.5 Å². The van der Waals surface area contributed by atoms with Crippen molar-refractivity contribution >= 4 is 46.2 Å². The highest BCUT2D eigenvalue weighted by atomic mass is 16.5. The first-order valence-corrected chi connectivity index (χ1v) is 17.1. The second-order valence-electron chi connectivity index (χ2n) is 13.2. The van der Waals surface area contributed by atoms with Gasteiger partial charge in [0.15, 0.2) is 5.82 Å². The van der Waals surface area contributed by atoms with E-state index < -0.39 is 0 Å². The van der Waals surface area contributed by atoms with Crippen LogP contribution in [0.25, 0.3) is 0 Å². The molecule has 2 saturated heterocycles. The number of hydrogen-bond donors (Lipinski definition) is 1. The van der Waals surface area contributed by atoms with Gasteiger partial charge in [-0.1, -0.05) is 25.1 Å². The predicted octanol–water partition coefficient (Wildman–Crippen LogP) is 7.21. The highest BCUT2D eigenvalue weighted by Gasteiger charge is 2.37. The number of rotatable bonds is 8. The van der Waals surface area contributed by atoms with E-state index in [1.807, 2.05) is 50.4 Å². The van der Waals surface area contributed by atoms with E-state index in [0.29, 0.717) is 48.7 Å². The lowest BCUT2D eigenvalue weighted by Crippen LogP contribution is -2.46. The highest BCUT2D eigenvalue weighted by Crippen LogP contribution is 2.43. The Hall–Kier alpha value is -5.03. The Kier molecular flexibility index (Phi) is 9.18. The van der Waals surface area contributed by atoms with Crippen LogP contribution in [0, 0.1) is 19.8 Å². The van der Waals surface area contributed by atoms with Gasteiger partial charge in [-0.25, -0.2) is 14.7 Å². The smallest absolute Gasteiger partial charge is 0.335 e. The van der Waals surface area contributed by atoms with Gasteiger partial charge in [-0.15, -0.1) is 0 Å². The molecule has 4 aromatic rings. The van der Waals surface area contributed by atoms with Crippen LogP contribution in [0.2, 0.25) is 0 Å². The molecule has 3 aliphatic rings. The monoisotopic (exact) mass is 663 g/mol. The Morgan fingerprint density at radius 1 is 0.878 bits per heavy atom. The normalized spacial score (nSPS) is 16.9. The zero-order chi connectivity index (χ0) is 34.1. The van der Waals surface area contributed by atoms with Crippen molar-refractivity contribution in [2.45, 2.75) is 40.2 Å². The van der Waals surface area contributed by atoms with Gasteiger partial charge in [0.1, 0.15) is 11.5 Å². The van der Waals surface area contributed by atoms with Crippen LogP contribution in [0.4, 0.5) is 45.0 Å². The number of nitrogens with zero attached hydrogens (tertiary/aromatic N) is 6. The number of nitrogens with one attached hydrogen (secondary N) is 1. The fourth-order valence-electron chi connectivity index (χ4n) is 7.06. The van der Waals surface area contributed by atoms with Crippen molar-refractivity contribution < 1.29 is 19.0 Å². The van der Waals surface area contributed by atoms with Gasteiger partial charge < -0.3 is 29.3 Å². The van der Waals surface area contributed by atoms with Gasteiger partial charge in [0, 0.05) is 61.1 Å². The van der Waals surface area contributed by atoms with Crippen LogP contribution in [0.1, 0.15) is 36.5 Å². The summed E-state index contributed by atoms with van der Waals surface area (Å²) in [5.74, 6) is 2.76. The number of morpholine rings is 1. The SMILES string of the molecule is COc1ccc(N2C(=O)N(c3c(C)cccc3C)Cc3cnc(Nc4cc(N5CCOCC5)cc(N5CCC(C)CC5)c4)nc32)c(OC)c1. The fourth-order valence-corrected chi connectivity index (χ4v) is 7.06. The van der Waals surface area contributed by atoms with Crippen molar-refractivity contribution in [2.75, 3.05) is 78.5 Å². The first kappa shape index (κ1) is 32.5. The van der Waals surface area contributed by atoms with Crippen molar-refractivity contribution in [2.24, 2.45) is 5.92 Å². The summed E-state index contributed by atoms with van der Waals surface area (Å²) in [4.78, 5) is 32.7. The standard InChI is InChI=1S/C38H45N7O4/c1-25-11-13-42(14-12-25)30-19-29(20-31(21-30)43-15-17-49-18-16-43)40-37-39-23-28-24-44(35-26(2)7-6-8-27(35)3)38(46)45(36(28)41-37)33-10-9-32(47-4)22-34(33)48-5/h6-10,19-23,25H,11-18,24H2,1-5H3,(H,39,40,41). The van der Waals surface area contributed by atoms with E-state index in [0.717, 1.165) is 65.8 Å². The van der Waals surface area contributed by atoms with Crippen LogP contribution in [0.15, 0.2) is 60.8 Å². The van der Waals surface area contributed by atoms with E-state index in [1.54, 1.807) is 30.1 Å². The van der Waals surface area contributed by atoms with Gasteiger partial charge in [-0.2, -0.15) is 4.98 Å². The predicted molar refractivity (Wildman–Crippen MR) is 195 cm³/mol. The van der Waals surface area contributed by atoms with Gasteiger partial charge in [0.25, 0.3) is 0 Å². The minimum absolute atomic E-state index is 0.228. The molecule has 3 aromatic carbocycles. The maximum atomic E-state index is 14.6. The molecule has 256 valence electrons. The highest BCUT2D eigenvalue weighted by molar-refractivity contribution is 6.11. The summed E-state index contributed by atoms with van der Waals surface area (Å²) in [6, 6.07) is 17.9. The molecule has 0 bridgehead atoms. The summed E-state index contributed by atoms with van der Waals surface area (Å²) in [6.07, 6.45) is 4.17. The fraction of sp³-hybridized carbons (Fsp3) is 0.395. The van der Waals surface area contributed by atoms with Gasteiger partial charge in [0.2, 0.25) is 5.95 Å². The van der Waals surface area contributed by atoms with Crippen molar-refractivity contribution in [1.29, 1.82) is 0 Å². The molecule has 7 rings (SSSR count). The summed E-state index contributed by atoms with van der Waals surface area (Å²) in [7, 11) is 3.20. The molecule has 1 aromatic heterocycles. The Balaban J connectivity index is 1.29. The number of benzene rings is 3. The largest absolute Gasteiger partial charge is 0.497 e. The topological polar surface area (TPSA) is 95.5 Å². The lowest BCUT2D eigenvalue weighted by atomic mass is 9.98. The molecular weight excluding hydrogens is 618 g/mol. The number of aromatic nitrogens is 2. The molecule has 0 aliphatic carbocycles. The number of methoxy groups -OCH3 is 2. The van der Waals surface area contributed by atoms with Crippen LogP contribution < -0.4 is 34.4 Å². The van der Waals surface area contributed by atoms with Crippen LogP contribution in [0.5, 0.6) is 11.5 Å². The molecular formula is C38H45N7O4. The Labute approximate surface area is 288 Å². The number of aryl methyl sites for hydroxylation is 2. The molecule has 49 heavy (non-hydrogen) atoms. The quantitative estimate of drug-likeness (QED) is 0.210. The second kappa shape index (κ2) is 13.8. The maximum absolute atomic E-state index is 14.6. The summed E-state index contributed by atoms with van der Waals surface area (Å²) in [5.41, 5.74) is 7.49. The number of hydrogen-bond acceptors (Lipinski definition) is 9. The summed E-state index contributed by atoms with van der Waals surface area (Å²) in [6.45, 7) is 11.9. The van der Waals surface area contributed by atoms with E-state index in [1.165, 1.54) is 18.5 Å². The number of piperidine rings is 1. The average Bonchev–Trinajstić information content (AvgIpc) is 3.12. The van der Waals surface area contributed by atoms with E-state index in [4.69, 9.17) is 24.2 Å². The first-order valence-electron chi connectivity index (χ1n) is 17.1. The number of fused-ring (bicyclic) bond motifs is 1. The summed E-state index contributed by atoms with van der Waals surface area (Å²) >= 11 is 0. The number of carbonyl (C=O) groups is 1. The average molecular weight is 664 g/mol. The number of amides is 2. The summed E-state index contributed by atoms with van der Waals surface area (Å²) in [5, 5.41) is 3.51. The van der Waals surface area contributed by atoms with Gasteiger partial charge in [-0.05, 0) is 74.1 Å². The van der Waals surface area contributed by atoms with Crippen LogP contribution >= 0.6 is 0 Å². The molecule has 0 spiro atoms. The lowest BCUT2D eigenvalue weighted by molar-refractivity contribution is 0.122. The van der Waals surface area contributed by atoms with E-state index in [9.17, 15) is 4.79 Å². The lowest BCUT2D eigenvalue weighted by Gasteiger charge is -2.37. The Morgan fingerprint density at radius 2 is 1.57 bits per heavy atom. The molecule has 0 saturated carbocycles. The molecule has 1 N–H and O–H groups in total. The van der Waals surface area contributed by atoms with Gasteiger partial charge >= 0.3 is 6.03 Å². The minimum atomic E-state index is -0.228. The van der Waals surface area contributed by atoms with Crippen LogP contribution in [-0.4, -0.2) is 69.6 Å². The van der Waals surface area contributed by atoms with E-state index in [-0.39, 0.29) is 6.03 Å². The first-order chi connectivity index (χ1) is 23.8. The molecule has 0 atom stereocenters. The third-order valence-corrected chi connectivity index (χ3v) is 9.83. The van der Waals surface area contributed by atoms with Crippen LogP contribution in [-0.2, 0) is 11.3 Å². The molecule has 2 amide bonds. The minimum Gasteiger partial charge on any atom is -0.497 e. The molecule has 11 nitrogen and oxygen atoms in total. The number of urea groups is 1. The molecule has 2 fully saturated rings. The number of anilines is 7. The van der Waals surface area contributed by atoms with E-state index >= 15 is 0 Å². The third kappa shape index (κ3) is 6.55. The van der Waals surface area contributed by atoms with Gasteiger partial charge in [0.05, 0.1) is 45.4 Å². The van der Waals surface area contributed by atoms with Crippen molar-refractivity contribution in [3.63, 3.8) is 0 Å². The van der Waals surface area contributed by atoms with Gasteiger partial charge in [-0.3, -0.25) is 4.90 Å². The molecule has 4 heterocycles. The Morgan fingerprint density at radius 3 is 2.24 bits per heavy atom. The number of para-hydroxylation sites is 1. The Bertz CT molecular complexity index is 1820. The second-order valence-corrected chi connectivity index (χ2v) is 13.2. The molecule has 0 unspecified atom stereocenters. The maximum Gasteiger partial charge on any atom is 0.335 e. The van der Waals surface area contributed by atoms with Crippen molar-refractivity contribution in [1.82, 2.24) is 9.97 Å². The number of carbonyl (C=O) groups excluding carboxylic acids is 1. The zero-order valence-corrected chi connectivity index (χ0v) is 29.0. The molecule has 11 heteroatoms. The van der Waals surface area contributed by atoms with Crippen molar-refractivity contribution in [3.05, 3.63) is 77.5 Å². The molecule has 0 radical (unpaired) electrons. The van der Waals surface area contributed by atoms with Crippen LogP contribution in [0.3, 0.4) is 0 Å². The molecule has 3 aliphatic heterocycles. The zero-order valence-electron chi connectivity index (χ0n) is 29.0. The number of ether oxygens (including phenoxy) is 3.